The lowest BCUT2D eigenvalue weighted by Gasteiger charge is -2.34. The third-order valence-electron chi connectivity index (χ3n) is 8.06. The van der Waals surface area contributed by atoms with E-state index in [1.165, 1.54) is 28.8 Å². The van der Waals surface area contributed by atoms with Crippen LogP contribution < -0.4 is 0 Å². The summed E-state index contributed by atoms with van der Waals surface area (Å²) in [6, 6.07) is 36.6. The molecule has 0 aromatic heterocycles. The number of benzene rings is 4. The molecule has 1 N–H and O–H groups in total. The molecule has 45 heavy (non-hydrogen) atoms. The van der Waals surface area contributed by atoms with Gasteiger partial charge in [0.05, 0.1) is 11.0 Å². The Morgan fingerprint density at radius 1 is 0.800 bits per heavy atom. The molecule has 238 valence electrons. The zero-order chi connectivity index (χ0) is 32.3. The summed E-state index contributed by atoms with van der Waals surface area (Å²) in [6.45, 7) is 9.61. The van der Waals surface area contributed by atoms with Gasteiger partial charge in [-0.3, -0.25) is 9.35 Å². The molecule has 5 rings (SSSR count). The highest BCUT2D eigenvalue weighted by Gasteiger charge is 2.25. The minimum Gasteiger partial charge on any atom is -0.365 e. The van der Waals surface area contributed by atoms with Gasteiger partial charge in [0.2, 0.25) is 0 Å². The summed E-state index contributed by atoms with van der Waals surface area (Å²) in [5.41, 5.74) is 4.61. The summed E-state index contributed by atoms with van der Waals surface area (Å²) in [4.78, 5) is 15.1. The van der Waals surface area contributed by atoms with Crippen LogP contribution >= 0.6 is 0 Å². The molecule has 1 saturated heterocycles. The number of rotatable bonds is 10. The van der Waals surface area contributed by atoms with Crippen molar-refractivity contribution in [3.05, 3.63) is 138 Å². The van der Waals surface area contributed by atoms with Crippen molar-refractivity contribution in [1.82, 2.24) is 4.90 Å². The largest absolute Gasteiger partial charge is 0.365 e. The number of carbonyl (C=O) groups excluding carboxylic acids is 1. The Bertz CT molecular complexity index is 1520. The van der Waals surface area contributed by atoms with E-state index in [1.807, 2.05) is 12.1 Å². The average Bonchev–Trinajstić information content (AvgIpc) is 3.05. The Labute approximate surface area is 268 Å². The zero-order valence-electron chi connectivity index (χ0n) is 26.5. The molecule has 0 amide bonds. The maximum atomic E-state index is 12.7. The van der Waals surface area contributed by atoms with Crippen molar-refractivity contribution >= 4 is 15.9 Å². The highest BCUT2D eigenvalue weighted by molar-refractivity contribution is 7.85. The van der Waals surface area contributed by atoms with E-state index in [-0.39, 0.29) is 28.3 Å². The first-order valence-electron chi connectivity index (χ1n) is 15.6. The molecule has 0 atom stereocenters. The van der Waals surface area contributed by atoms with Gasteiger partial charge in [-0.15, -0.1) is 0 Å². The minimum atomic E-state index is -4.00. The van der Waals surface area contributed by atoms with Crippen LogP contribution in [0.25, 0.3) is 0 Å². The zero-order valence-corrected chi connectivity index (χ0v) is 27.3. The highest BCUT2D eigenvalue weighted by atomic mass is 32.2. The monoisotopic (exact) mass is 627 g/mol. The summed E-state index contributed by atoms with van der Waals surface area (Å²) in [6.07, 6.45) is 3.78. The number of piperidine rings is 1. The number of nitrogens with zero attached hydrogens (tertiary/aromatic N) is 1. The predicted molar refractivity (Wildman–Crippen MR) is 180 cm³/mol. The van der Waals surface area contributed by atoms with Crippen LogP contribution in [0.4, 0.5) is 0 Å². The van der Waals surface area contributed by atoms with Crippen LogP contribution in [-0.2, 0) is 20.3 Å². The fourth-order valence-electron chi connectivity index (χ4n) is 5.42. The van der Waals surface area contributed by atoms with Crippen molar-refractivity contribution in [3.8, 4) is 0 Å². The van der Waals surface area contributed by atoms with Crippen molar-refractivity contribution in [2.24, 2.45) is 0 Å². The van der Waals surface area contributed by atoms with Gasteiger partial charge in [0.1, 0.15) is 6.10 Å². The normalized spacial score (nSPS) is 14.5. The molecule has 0 radical (unpaired) electrons. The number of hydrogen-bond acceptors (Lipinski definition) is 5. The summed E-state index contributed by atoms with van der Waals surface area (Å²) in [7, 11) is -4.00. The maximum absolute atomic E-state index is 12.7. The van der Waals surface area contributed by atoms with Crippen LogP contribution in [-0.4, -0.2) is 49.4 Å². The number of hydrogen-bond donors (Lipinski definition) is 1. The Morgan fingerprint density at radius 2 is 1.29 bits per heavy atom. The van der Waals surface area contributed by atoms with Gasteiger partial charge < -0.3 is 9.64 Å². The van der Waals surface area contributed by atoms with E-state index in [2.05, 4.69) is 98.5 Å². The van der Waals surface area contributed by atoms with Crippen molar-refractivity contribution in [2.45, 2.75) is 69.0 Å². The van der Waals surface area contributed by atoms with E-state index in [9.17, 15) is 13.2 Å². The molecule has 1 aliphatic heterocycles. The Kier molecular flexibility index (Phi) is 12.3. The molecule has 0 spiro atoms. The smallest absolute Gasteiger partial charge is 0.294 e. The Balaban J connectivity index is 0.000000392. The first kappa shape index (κ1) is 34.3. The molecule has 4 aromatic carbocycles. The van der Waals surface area contributed by atoms with E-state index < -0.39 is 10.1 Å². The summed E-state index contributed by atoms with van der Waals surface area (Å²) >= 11 is 0. The lowest BCUT2D eigenvalue weighted by atomic mass is 9.86. The molecule has 1 heterocycles. The summed E-state index contributed by atoms with van der Waals surface area (Å²) < 4.78 is 35.9. The fourth-order valence-corrected chi connectivity index (χ4v) is 5.92. The summed E-state index contributed by atoms with van der Waals surface area (Å²) in [5.74, 6) is 0.247. The van der Waals surface area contributed by atoms with Gasteiger partial charge in [0.25, 0.3) is 10.1 Å². The molecule has 6 nitrogen and oxygen atoms in total. The number of likely N-dealkylation sites (tertiary alicyclic amines) is 1. The van der Waals surface area contributed by atoms with E-state index in [1.54, 1.807) is 18.2 Å². The van der Waals surface area contributed by atoms with Crippen molar-refractivity contribution in [2.75, 3.05) is 19.6 Å². The molecular weight excluding hydrogens is 582 g/mol. The van der Waals surface area contributed by atoms with Crippen LogP contribution in [0.3, 0.4) is 0 Å². The number of carbonyl (C=O) groups is 1. The molecule has 7 heteroatoms. The fraction of sp³-hybridized carbons (Fsp3) is 0.342. The minimum absolute atomic E-state index is 0.0313. The molecule has 0 aliphatic carbocycles. The first-order chi connectivity index (χ1) is 21.5. The van der Waals surface area contributed by atoms with E-state index in [0.29, 0.717) is 6.42 Å². The van der Waals surface area contributed by atoms with Gasteiger partial charge in [0, 0.05) is 25.1 Å². The van der Waals surface area contributed by atoms with Gasteiger partial charge in [-0.05, 0) is 60.0 Å². The van der Waals surface area contributed by atoms with Crippen LogP contribution in [0.5, 0.6) is 0 Å². The second-order valence-corrected chi connectivity index (χ2v) is 13.9. The molecule has 1 fully saturated rings. The first-order valence-corrected chi connectivity index (χ1v) is 17.1. The molecule has 0 bridgehead atoms. The van der Waals surface area contributed by atoms with Gasteiger partial charge >= 0.3 is 0 Å². The number of ether oxygens (including phenoxy) is 1. The molecular formula is C38H45NO5S. The Morgan fingerprint density at radius 3 is 1.73 bits per heavy atom. The SMILES string of the molecule is CC(C)(C)c1ccc(C(=O)CCCN2CCC(OC(c3ccccc3)c3ccccc3)CC2)cc1.O=S(=O)(O)c1ccccc1. The third kappa shape index (κ3) is 10.8. The second kappa shape index (κ2) is 16.1. The molecule has 0 saturated carbocycles. The number of Topliss-reactive ketones (excluding diaryl/α,β-unsaturated/α-hetero) is 1. The molecule has 1 aliphatic rings. The molecule has 4 aromatic rings. The number of ketones is 1. The Hall–Kier alpha value is -3.62. The second-order valence-electron chi connectivity index (χ2n) is 12.5. The van der Waals surface area contributed by atoms with Crippen LogP contribution in [0.15, 0.2) is 120 Å². The average molecular weight is 628 g/mol. The van der Waals surface area contributed by atoms with Crippen molar-refractivity contribution < 1.29 is 22.5 Å². The van der Waals surface area contributed by atoms with E-state index in [0.717, 1.165) is 44.5 Å². The standard InChI is InChI=1S/C32H39NO2.C6H6O3S/c1-32(2,3)28-18-16-25(17-19-28)30(34)15-10-22-33-23-20-29(21-24-33)35-31(26-11-6-4-7-12-26)27-13-8-5-9-14-27;7-10(8,9)6-4-2-1-3-5-6/h4-9,11-14,16-19,29,31H,10,15,20-24H2,1-3H3;1-5H,(H,7,8,9). The highest BCUT2D eigenvalue weighted by Crippen LogP contribution is 2.30. The lowest BCUT2D eigenvalue weighted by molar-refractivity contribution is -0.0270. The predicted octanol–water partition coefficient (Wildman–Crippen LogP) is 8.15. The third-order valence-corrected chi connectivity index (χ3v) is 8.93. The van der Waals surface area contributed by atoms with Gasteiger partial charge in [-0.1, -0.05) is 124 Å². The summed E-state index contributed by atoms with van der Waals surface area (Å²) in [5, 5.41) is 0. The quantitative estimate of drug-likeness (QED) is 0.141. The van der Waals surface area contributed by atoms with Crippen LogP contribution in [0.2, 0.25) is 0 Å². The van der Waals surface area contributed by atoms with Gasteiger partial charge in [-0.25, -0.2) is 0 Å². The van der Waals surface area contributed by atoms with E-state index in [4.69, 9.17) is 9.29 Å². The van der Waals surface area contributed by atoms with Gasteiger partial charge in [0.15, 0.2) is 5.78 Å². The van der Waals surface area contributed by atoms with Crippen molar-refractivity contribution in [1.29, 1.82) is 0 Å². The topological polar surface area (TPSA) is 83.9 Å². The van der Waals surface area contributed by atoms with Crippen LogP contribution in [0, 0.1) is 0 Å². The molecule has 0 unspecified atom stereocenters. The van der Waals surface area contributed by atoms with E-state index >= 15 is 0 Å². The lowest BCUT2D eigenvalue weighted by Crippen LogP contribution is -2.38. The van der Waals surface area contributed by atoms with Crippen molar-refractivity contribution in [3.63, 3.8) is 0 Å². The van der Waals surface area contributed by atoms with Crippen LogP contribution in [0.1, 0.15) is 79.6 Å². The van der Waals surface area contributed by atoms with Gasteiger partial charge in [-0.2, -0.15) is 8.42 Å². The maximum Gasteiger partial charge on any atom is 0.294 e.